The summed E-state index contributed by atoms with van der Waals surface area (Å²) in [4.78, 5) is 49.8. The summed E-state index contributed by atoms with van der Waals surface area (Å²) < 4.78 is 1.78. The highest BCUT2D eigenvalue weighted by molar-refractivity contribution is 6.24. The van der Waals surface area contributed by atoms with Gasteiger partial charge in [-0.05, 0) is 39.0 Å². The average Bonchev–Trinajstić information content (AvgIpc) is 3.24. The molecule has 1 atom stereocenters. The van der Waals surface area contributed by atoms with Gasteiger partial charge in [-0.2, -0.15) is 5.10 Å². The van der Waals surface area contributed by atoms with Gasteiger partial charge in [0.25, 0.3) is 17.5 Å². The van der Waals surface area contributed by atoms with Gasteiger partial charge in [0.1, 0.15) is 11.6 Å². The SMILES string of the molecule is Cc1nn(-c2ccccc2)c(C)c1CNC(=O)C(C)N1C(=O)c2cccc([N+](=O)[O-])c2C1=O. The Labute approximate surface area is 189 Å². The van der Waals surface area contributed by atoms with Crippen LogP contribution >= 0.6 is 0 Å². The van der Waals surface area contributed by atoms with Crippen LogP contribution in [0.5, 0.6) is 0 Å². The summed E-state index contributed by atoms with van der Waals surface area (Å²) in [5, 5.41) is 18.6. The number of carbonyl (C=O) groups is 3. The molecule has 10 nitrogen and oxygen atoms in total. The van der Waals surface area contributed by atoms with Crippen LogP contribution in [0.2, 0.25) is 0 Å². The minimum absolute atomic E-state index is 0.0790. The molecule has 10 heteroatoms. The Kier molecular flexibility index (Phi) is 5.50. The molecule has 0 fully saturated rings. The Balaban J connectivity index is 1.52. The van der Waals surface area contributed by atoms with E-state index in [9.17, 15) is 24.5 Å². The van der Waals surface area contributed by atoms with Gasteiger partial charge in [-0.15, -0.1) is 0 Å². The highest BCUT2D eigenvalue weighted by Crippen LogP contribution is 2.32. The van der Waals surface area contributed by atoms with Crippen LogP contribution in [0.25, 0.3) is 5.69 Å². The molecule has 0 saturated heterocycles. The number of fused-ring (bicyclic) bond motifs is 1. The smallest absolute Gasteiger partial charge is 0.282 e. The number of nitrogens with zero attached hydrogens (tertiary/aromatic N) is 4. The van der Waals surface area contributed by atoms with Gasteiger partial charge in [0, 0.05) is 23.9 Å². The van der Waals surface area contributed by atoms with Crippen molar-refractivity contribution in [3.05, 3.63) is 86.7 Å². The van der Waals surface area contributed by atoms with E-state index in [0.717, 1.165) is 33.6 Å². The van der Waals surface area contributed by atoms with E-state index in [1.54, 1.807) is 4.68 Å². The van der Waals surface area contributed by atoms with E-state index in [1.165, 1.54) is 19.1 Å². The Bertz CT molecular complexity index is 1300. The molecule has 1 N–H and O–H groups in total. The van der Waals surface area contributed by atoms with Crippen LogP contribution in [-0.2, 0) is 11.3 Å². The molecule has 1 aliphatic rings. The molecule has 168 valence electrons. The normalized spacial score (nSPS) is 13.7. The van der Waals surface area contributed by atoms with Crippen LogP contribution in [0.1, 0.15) is 44.6 Å². The molecule has 3 amide bonds. The number of nitro groups is 1. The van der Waals surface area contributed by atoms with E-state index in [-0.39, 0.29) is 17.7 Å². The number of nitrogens with one attached hydrogen (secondary N) is 1. The lowest BCUT2D eigenvalue weighted by molar-refractivity contribution is -0.385. The minimum Gasteiger partial charge on any atom is -0.350 e. The summed E-state index contributed by atoms with van der Waals surface area (Å²) in [5.74, 6) is -2.14. The molecule has 0 saturated carbocycles. The minimum atomic E-state index is -1.15. The molecule has 1 unspecified atom stereocenters. The fourth-order valence-corrected chi connectivity index (χ4v) is 3.98. The van der Waals surface area contributed by atoms with Crippen molar-refractivity contribution >= 4 is 23.4 Å². The summed E-state index contributed by atoms with van der Waals surface area (Å²) in [6.07, 6.45) is 0. The first-order valence-corrected chi connectivity index (χ1v) is 10.3. The Hall–Kier alpha value is -4.34. The van der Waals surface area contributed by atoms with E-state index < -0.39 is 34.4 Å². The maximum atomic E-state index is 12.8. The maximum absolute atomic E-state index is 12.8. The number of aryl methyl sites for hydroxylation is 1. The molecule has 33 heavy (non-hydrogen) atoms. The van der Waals surface area contributed by atoms with Gasteiger partial charge >= 0.3 is 0 Å². The van der Waals surface area contributed by atoms with Crippen molar-refractivity contribution in [1.29, 1.82) is 0 Å². The molecule has 3 aromatic rings. The Morgan fingerprint density at radius 1 is 1.09 bits per heavy atom. The van der Waals surface area contributed by atoms with E-state index in [1.807, 2.05) is 44.2 Å². The van der Waals surface area contributed by atoms with Gasteiger partial charge in [-0.3, -0.25) is 29.4 Å². The van der Waals surface area contributed by atoms with Crippen molar-refractivity contribution in [3.8, 4) is 5.69 Å². The first kappa shape index (κ1) is 21.9. The zero-order valence-electron chi connectivity index (χ0n) is 18.2. The van der Waals surface area contributed by atoms with Crippen molar-refractivity contribution in [2.75, 3.05) is 0 Å². The highest BCUT2D eigenvalue weighted by Gasteiger charge is 2.44. The van der Waals surface area contributed by atoms with E-state index in [0.29, 0.717) is 0 Å². The Morgan fingerprint density at radius 3 is 2.45 bits per heavy atom. The fraction of sp³-hybridized carbons (Fsp3) is 0.217. The molecule has 2 heterocycles. The van der Waals surface area contributed by atoms with Crippen molar-refractivity contribution < 1.29 is 19.3 Å². The van der Waals surface area contributed by atoms with Gasteiger partial charge in [0.15, 0.2) is 0 Å². The number of rotatable bonds is 6. The lowest BCUT2D eigenvalue weighted by atomic mass is 10.1. The lowest BCUT2D eigenvalue weighted by Gasteiger charge is -2.21. The number of imide groups is 1. The van der Waals surface area contributed by atoms with E-state index in [4.69, 9.17) is 0 Å². The fourth-order valence-electron chi connectivity index (χ4n) is 3.98. The number of hydrogen-bond donors (Lipinski definition) is 1. The van der Waals surface area contributed by atoms with Crippen molar-refractivity contribution in [1.82, 2.24) is 20.0 Å². The molecule has 1 aromatic heterocycles. The number of para-hydroxylation sites is 1. The van der Waals surface area contributed by atoms with Crippen LogP contribution in [0, 0.1) is 24.0 Å². The van der Waals surface area contributed by atoms with Crippen molar-refractivity contribution in [2.45, 2.75) is 33.4 Å². The van der Waals surface area contributed by atoms with Gasteiger partial charge < -0.3 is 5.32 Å². The first-order chi connectivity index (χ1) is 15.7. The molecule has 0 spiro atoms. The zero-order chi connectivity index (χ0) is 23.9. The number of carbonyl (C=O) groups excluding carboxylic acids is 3. The molecular weight excluding hydrogens is 426 g/mol. The molecule has 1 aliphatic heterocycles. The van der Waals surface area contributed by atoms with E-state index in [2.05, 4.69) is 10.4 Å². The third-order valence-electron chi connectivity index (χ3n) is 5.77. The van der Waals surface area contributed by atoms with Gasteiger partial charge in [0.2, 0.25) is 5.91 Å². The second-order valence-electron chi connectivity index (χ2n) is 7.73. The van der Waals surface area contributed by atoms with Gasteiger partial charge in [-0.1, -0.05) is 24.3 Å². The molecule has 4 rings (SSSR count). The van der Waals surface area contributed by atoms with E-state index >= 15 is 0 Å². The standard InChI is InChI=1S/C23H21N5O5/c1-13-18(14(2)27(25-13)16-8-5-4-6-9-16)12-24-21(29)15(3)26-22(30)17-10-7-11-19(28(32)33)20(17)23(26)31/h4-11,15H,12H2,1-3H3,(H,24,29). The summed E-state index contributed by atoms with van der Waals surface area (Å²) in [6.45, 7) is 5.29. The van der Waals surface area contributed by atoms with Gasteiger partial charge in [-0.25, -0.2) is 4.68 Å². The van der Waals surface area contributed by atoms with Crippen molar-refractivity contribution in [2.24, 2.45) is 0 Å². The maximum Gasteiger partial charge on any atom is 0.282 e. The number of aromatic nitrogens is 2. The molecular formula is C23H21N5O5. The predicted molar refractivity (Wildman–Crippen MR) is 118 cm³/mol. The Morgan fingerprint density at radius 2 is 1.79 bits per heavy atom. The zero-order valence-corrected chi connectivity index (χ0v) is 18.2. The lowest BCUT2D eigenvalue weighted by Crippen LogP contribution is -2.47. The summed E-state index contributed by atoms with van der Waals surface area (Å²) in [7, 11) is 0. The third-order valence-corrected chi connectivity index (χ3v) is 5.77. The number of benzene rings is 2. The van der Waals surface area contributed by atoms with Crippen LogP contribution in [0.3, 0.4) is 0 Å². The number of amides is 3. The van der Waals surface area contributed by atoms with Crippen LogP contribution in [-0.4, -0.2) is 43.4 Å². The van der Waals surface area contributed by atoms with Crippen LogP contribution < -0.4 is 5.32 Å². The van der Waals surface area contributed by atoms with Gasteiger partial charge in [0.05, 0.1) is 21.9 Å². The second kappa shape index (κ2) is 8.30. The topological polar surface area (TPSA) is 127 Å². The third kappa shape index (κ3) is 3.65. The molecule has 0 bridgehead atoms. The largest absolute Gasteiger partial charge is 0.350 e. The quantitative estimate of drug-likeness (QED) is 0.352. The first-order valence-electron chi connectivity index (χ1n) is 10.3. The molecule has 0 aliphatic carbocycles. The predicted octanol–water partition coefficient (Wildman–Crippen LogP) is 2.70. The van der Waals surface area contributed by atoms with Crippen molar-refractivity contribution in [3.63, 3.8) is 0 Å². The summed E-state index contributed by atoms with van der Waals surface area (Å²) in [6, 6.07) is 12.3. The molecule has 2 aromatic carbocycles. The van der Waals surface area contributed by atoms with Crippen LogP contribution in [0.15, 0.2) is 48.5 Å². The number of hydrogen-bond acceptors (Lipinski definition) is 6. The molecule has 0 radical (unpaired) electrons. The summed E-state index contributed by atoms with van der Waals surface area (Å²) in [5.41, 5.74) is 2.46. The monoisotopic (exact) mass is 447 g/mol. The van der Waals surface area contributed by atoms with Crippen LogP contribution in [0.4, 0.5) is 5.69 Å². The highest BCUT2D eigenvalue weighted by atomic mass is 16.6. The average molecular weight is 447 g/mol. The summed E-state index contributed by atoms with van der Waals surface area (Å²) >= 11 is 0. The second-order valence-corrected chi connectivity index (χ2v) is 7.73. The number of nitro benzene ring substituents is 1.